The zero-order valence-electron chi connectivity index (χ0n) is 12.7. The van der Waals surface area contributed by atoms with Gasteiger partial charge < -0.3 is 14.8 Å². The summed E-state index contributed by atoms with van der Waals surface area (Å²) in [5.41, 5.74) is -0.922. The Hall–Kier alpha value is -1.89. The highest BCUT2D eigenvalue weighted by molar-refractivity contribution is 5.75. The average Bonchev–Trinajstić information content (AvgIpc) is 2.46. The summed E-state index contributed by atoms with van der Waals surface area (Å²) in [5, 5.41) is 2.83. The molecule has 1 amide bonds. The summed E-state index contributed by atoms with van der Waals surface area (Å²) in [7, 11) is 0. The van der Waals surface area contributed by atoms with Gasteiger partial charge in [0.15, 0.2) is 0 Å². The lowest BCUT2D eigenvalue weighted by atomic mass is 10.3. The normalized spacial score (nSPS) is 10.8. The van der Waals surface area contributed by atoms with Gasteiger partial charge in [-0.2, -0.15) is 0 Å². The quantitative estimate of drug-likeness (QED) is 0.617. The van der Waals surface area contributed by atoms with Crippen LogP contribution in [0, 0.1) is 0 Å². The summed E-state index contributed by atoms with van der Waals surface area (Å²) in [4.78, 5) is 38.5. The number of hydrogen-bond donors (Lipinski definition) is 2. The van der Waals surface area contributed by atoms with Gasteiger partial charge in [-0.3, -0.25) is 14.6 Å². The van der Waals surface area contributed by atoms with Crippen LogP contribution in [-0.4, -0.2) is 46.5 Å². The van der Waals surface area contributed by atoms with E-state index in [1.165, 1.54) is 16.8 Å². The molecule has 0 aliphatic rings. The first-order valence-corrected chi connectivity index (χ1v) is 7.35. The van der Waals surface area contributed by atoms with E-state index in [1.807, 2.05) is 0 Å². The number of aromatic nitrogens is 2. The second-order valence-corrected chi connectivity index (χ2v) is 4.78. The first kappa shape index (κ1) is 17.2. The number of amides is 1. The van der Waals surface area contributed by atoms with Gasteiger partial charge >= 0.3 is 5.69 Å². The summed E-state index contributed by atoms with van der Waals surface area (Å²) < 4.78 is 1.32. The number of hydrogen-bond acceptors (Lipinski definition) is 4. The van der Waals surface area contributed by atoms with Crippen LogP contribution in [0.3, 0.4) is 0 Å². The maximum Gasteiger partial charge on any atom is 0.328 e. The molecule has 0 unspecified atom stereocenters. The third-order valence-electron chi connectivity index (χ3n) is 3.34. The Labute approximate surface area is 124 Å². The zero-order valence-corrected chi connectivity index (χ0v) is 12.7. The Morgan fingerprint density at radius 2 is 2.05 bits per heavy atom. The Balaban J connectivity index is 2.25. The minimum absolute atomic E-state index is 0.0901. The van der Waals surface area contributed by atoms with Crippen molar-refractivity contribution >= 4 is 5.91 Å². The standard InChI is InChI=1S/C14H24N4O3/c1-3-17(4-2)9-5-8-15-12(19)6-10-18-11-7-13(20)16-14(18)21/h7,11H,3-6,8-10H2,1-2H3,(H,15,19)(H,16,20,21). The summed E-state index contributed by atoms with van der Waals surface area (Å²) in [6.45, 7) is 8.12. The maximum absolute atomic E-state index is 11.7. The Bertz CT molecular complexity index is 546. The highest BCUT2D eigenvalue weighted by atomic mass is 16.2. The predicted octanol–water partition coefficient (Wildman–Crippen LogP) is -0.225. The van der Waals surface area contributed by atoms with Crippen molar-refractivity contribution in [1.29, 1.82) is 0 Å². The molecule has 0 aliphatic heterocycles. The number of aromatic amines is 1. The zero-order chi connectivity index (χ0) is 15.7. The van der Waals surface area contributed by atoms with Gasteiger partial charge in [0, 0.05) is 31.8 Å². The molecule has 118 valence electrons. The third-order valence-corrected chi connectivity index (χ3v) is 3.34. The largest absolute Gasteiger partial charge is 0.356 e. The van der Waals surface area contributed by atoms with Crippen molar-refractivity contribution in [1.82, 2.24) is 19.8 Å². The van der Waals surface area contributed by atoms with E-state index in [-0.39, 0.29) is 18.9 Å². The molecule has 0 aliphatic carbocycles. The number of aryl methyl sites for hydroxylation is 1. The van der Waals surface area contributed by atoms with Crippen molar-refractivity contribution in [3.8, 4) is 0 Å². The lowest BCUT2D eigenvalue weighted by Gasteiger charge is -2.17. The van der Waals surface area contributed by atoms with Gasteiger partial charge in [0.05, 0.1) is 0 Å². The molecule has 0 fully saturated rings. The molecule has 0 saturated carbocycles. The van der Waals surface area contributed by atoms with Crippen LogP contribution in [0.2, 0.25) is 0 Å². The molecule has 1 heterocycles. The van der Waals surface area contributed by atoms with Gasteiger partial charge in [-0.15, -0.1) is 0 Å². The average molecular weight is 296 g/mol. The summed E-state index contributed by atoms with van der Waals surface area (Å²) in [6.07, 6.45) is 2.53. The van der Waals surface area contributed by atoms with E-state index < -0.39 is 11.2 Å². The first-order chi connectivity index (χ1) is 10.1. The molecule has 0 saturated heterocycles. The van der Waals surface area contributed by atoms with Crippen LogP contribution in [0.5, 0.6) is 0 Å². The molecule has 1 rings (SSSR count). The third kappa shape index (κ3) is 6.40. The number of carbonyl (C=O) groups is 1. The molecule has 1 aromatic rings. The summed E-state index contributed by atoms with van der Waals surface area (Å²) >= 11 is 0. The SMILES string of the molecule is CCN(CC)CCCNC(=O)CCn1ccc(=O)[nH]c1=O. The van der Waals surface area contributed by atoms with Crippen molar-refractivity contribution in [2.45, 2.75) is 33.2 Å². The van der Waals surface area contributed by atoms with Crippen LogP contribution in [0.25, 0.3) is 0 Å². The second-order valence-electron chi connectivity index (χ2n) is 4.78. The van der Waals surface area contributed by atoms with Gasteiger partial charge in [-0.25, -0.2) is 4.79 Å². The van der Waals surface area contributed by atoms with E-state index in [2.05, 4.69) is 29.0 Å². The van der Waals surface area contributed by atoms with E-state index in [0.29, 0.717) is 6.54 Å². The fraction of sp³-hybridized carbons (Fsp3) is 0.643. The van der Waals surface area contributed by atoms with Gasteiger partial charge in [-0.1, -0.05) is 13.8 Å². The van der Waals surface area contributed by atoms with Crippen molar-refractivity contribution in [2.75, 3.05) is 26.2 Å². The second kappa shape index (κ2) is 9.12. The molecular weight excluding hydrogens is 272 g/mol. The van der Waals surface area contributed by atoms with Crippen LogP contribution in [0.15, 0.2) is 21.9 Å². The molecule has 0 spiro atoms. The molecule has 0 bridgehead atoms. The van der Waals surface area contributed by atoms with Gasteiger partial charge in [0.1, 0.15) is 0 Å². The van der Waals surface area contributed by atoms with Gasteiger partial charge in [0.2, 0.25) is 5.91 Å². The molecule has 0 atom stereocenters. The van der Waals surface area contributed by atoms with Crippen molar-refractivity contribution in [3.05, 3.63) is 33.1 Å². The number of nitrogens with one attached hydrogen (secondary N) is 2. The molecule has 7 nitrogen and oxygen atoms in total. The Morgan fingerprint density at radius 1 is 1.33 bits per heavy atom. The lowest BCUT2D eigenvalue weighted by Crippen LogP contribution is -2.32. The first-order valence-electron chi connectivity index (χ1n) is 7.35. The number of rotatable bonds is 9. The molecule has 1 aromatic heterocycles. The molecule has 0 aromatic carbocycles. The van der Waals surface area contributed by atoms with E-state index >= 15 is 0 Å². The van der Waals surface area contributed by atoms with Gasteiger partial charge in [-0.05, 0) is 26.1 Å². The van der Waals surface area contributed by atoms with E-state index in [1.54, 1.807) is 0 Å². The number of H-pyrrole nitrogens is 1. The highest BCUT2D eigenvalue weighted by Crippen LogP contribution is 1.90. The molecule has 2 N–H and O–H groups in total. The van der Waals surface area contributed by atoms with Crippen LogP contribution in [0.1, 0.15) is 26.7 Å². The Morgan fingerprint density at radius 3 is 2.67 bits per heavy atom. The highest BCUT2D eigenvalue weighted by Gasteiger charge is 2.04. The van der Waals surface area contributed by atoms with Crippen LogP contribution < -0.4 is 16.6 Å². The molecule has 7 heteroatoms. The van der Waals surface area contributed by atoms with Crippen LogP contribution in [0.4, 0.5) is 0 Å². The molecule has 21 heavy (non-hydrogen) atoms. The summed E-state index contributed by atoms with van der Waals surface area (Å²) in [5.74, 6) is -0.0901. The summed E-state index contributed by atoms with van der Waals surface area (Å²) in [6, 6.07) is 1.27. The smallest absolute Gasteiger partial charge is 0.328 e. The van der Waals surface area contributed by atoms with Crippen molar-refractivity contribution < 1.29 is 4.79 Å². The van der Waals surface area contributed by atoms with Crippen molar-refractivity contribution in [3.63, 3.8) is 0 Å². The van der Waals surface area contributed by atoms with Crippen LogP contribution in [-0.2, 0) is 11.3 Å². The van der Waals surface area contributed by atoms with Crippen molar-refractivity contribution in [2.24, 2.45) is 0 Å². The van der Waals surface area contributed by atoms with Gasteiger partial charge in [0.25, 0.3) is 5.56 Å². The van der Waals surface area contributed by atoms with Crippen LogP contribution >= 0.6 is 0 Å². The lowest BCUT2D eigenvalue weighted by molar-refractivity contribution is -0.121. The van der Waals surface area contributed by atoms with E-state index in [0.717, 1.165) is 26.1 Å². The fourth-order valence-corrected chi connectivity index (χ4v) is 2.00. The number of carbonyl (C=O) groups excluding carboxylic acids is 1. The Kier molecular flexibility index (Phi) is 7.45. The molecular formula is C14H24N4O3. The monoisotopic (exact) mass is 296 g/mol. The fourth-order valence-electron chi connectivity index (χ4n) is 2.00. The minimum atomic E-state index is -0.489. The minimum Gasteiger partial charge on any atom is -0.356 e. The van der Waals surface area contributed by atoms with E-state index in [9.17, 15) is 14.4 Å². The maximum atomic E-state index is 11.7. The topological polar surface area (TPSA) is 87.2 Å². The number of nitrogens with zero attached hydrogens (tertiary/aromatic N) is 2. The molecule has 0 radical (unpaired) electrons. The van der Waals surface area contributed by atoms with E-state index in [4.69, 9.17) is 0 Å². The predicted molar refractivity (Wildman–Crippen MR) is 81.4 cm³/mol.